The van der Waals surface area contributed by atoms with Crippen LogP contribution >= 0.6 is 11.6 Å². The molecule has 0 bridgehead atoms. The summed E-state index contributed by atoms with van der Waals surface area (Å²) in [6, 6.07) is 11.1. The Morgan fingerprint density at radius 1 is 0.941 bits per heavy atom. The molecule has 1 heterocycles. The van der Waals surface area contributed by atoms with E-state index < -0.39 is 8.07 Å². The van der Waals surface area contributed by atoms with E-state index in [0.717, 1.165) is 11.1 Å². The molecular formula is C14H12ClFSi. The summed E-state index contributed by atoms with van der Waals surface area (Å²) in [6.07, 6.45) is 0. The van der Waals surface area contributed by atoms with Gasteiger partial charge in [-0.15, -0.1) is 0 Å². The molecule has 17 heavy (non-hydrogen) atoms. The summed E-state index contributed by atoms with van der Waals surface area (Å²) in [6.45, 7) is 4.59. The van der Waals surface area contributed by atoms with E-state index in [2.05, 4.69) is 19.2 Å². The molecule has 0 saturated carbocycles. The van der Waals surface area contributed by atoms with Gasteiger partial charge in [0.15, 0.2) is 0 Å². The fourth-order valence-electron chi connectivity index (χ4n) is 2.71. The van der Waals surface area contributed by atoms with Gasteiger partial charge in [0, 0.05) is 5.02 Å². The lowest BCUT2D eigenvalue weighted by Gasteiger charge is -2.18. The predicted octanol–water partition coefficient (Wildman–Crippen LogP) is 3.28. The summed E-state index contributed by atoms with van der Waals surface area (Å²) in [7, 11) is -1.65. The second kappa shape index (κ2) is 3.44. The fourth-order valence-corrected chi connectivity index (χ4v) is 5.94. The Morgan fingerprint density at radius 2 is 1.53 bits per heavy atom. The topological polar surface area (TPSA) is 0 Å². The Bertz CT molecular complexity index is 566. The zero-order valence-corrected chi connectivity index (χ0v) is 11.5. The normalized spacial score (nSPS) is 15.5. The molecule has 2 aromatic rings. The lowest BCUT2D eigenvalue weighted by molar-refractivity contribution is 0.629. The SMILES string of the molecule is C[Si]1(C)c2ccc(F)cc2-c2cc(Cl)ccc21. The summed E-state index contributed by atoms with van der Waals surface area (Å²) in [5.41, 5.74) is 2.14. The van der Waals surface area contributed by atoms with Crippen molar-refractivity contribution in [2.75, 3.05) is 0 Å². The van der Waals surface area contributed by atoms with Crippen LogP contribution in [0.1, 0.15) is 0 Å². The number of hydrogen-bond acceptors (Lipinski definition) is 0. The van der Waals surface area contributed by atoms with Crippen LogP contribution in [0.4, 0.5) is 4.39 Å². The average molecular weight is 263 g/mol. The second-order valence-electron chi connectivity index (χ2n) is 5.00. The van der Waals surface area contributed by atoms with Crippen LogP contribution in [0, 0.1) is 5.82 Å². The van der Waals surface area contributed by atoms with Gasteiger partial charge in [0.05, 0.1) is 0 Å². The molecular weight excluding hydrogens is 251 g/mol. The van der Waals surface area contributed by atoms with Gasteiger partial charge < -0.3 is 0 Å². The van der Waals surface area contributed by atoms with Gasteiger partial charge in [-0.25, -0.2) is 4.39 Å². The molecule has 1 aliphatic heterocycles. The van der Waals surface area contributed by atoms with E-state index >= 15 is 0 Å². The lowest BCUT2D eigenvalue weighted by atomic mass is 10.1. The molecule has 0 spiro atoms. The molecule has 0 aliphatic carbocycles. The van der Waals surface area contributed by atoms with Crippen LogP contribution in [-0.2, 0) is 0 Å². The molecule has 3 heteroatoms. The maximum Gasteiger partial charge on any atom is 0.123 e. The standard InChI is InChI=1S/C14H12ClFSi/c1-17(2)13-5-3-9(15)7-11(13)12-8-10(16)4-6-14(12)17/h3-8H,1-2H3. The Hall–Kier alpha value is -1.12. The highest BCUT2D eigenvalue weighted by Gasteiger charge is 2.37. The zero-order chi connectivity index (χ0) is 12.2. The first-order valence-corrected chi connectivity index (χ1v) is 8.98. The van der Waals surface area contributed by atoms with E-state index in [0.29, 0.717) is 5.02 Å². The summed E-state index contributed by atoms with van der Waals surface area (Å²) in [4.78, 5) is 0. The molecule has 0 saturated heterocycles. The van der Waals surface area contributed by atoms with E-state index in [1.54, 1.807) is 12.1 Å². The quantitative estimate of drug-likeness (QED) is 0.639. The monoisotopic (exact) mass is 262 g/mol. The first-order chi connectivity index (χ1) is 8.00. The number of benzene rings is 2. The van der Waals surface area contributed by atoms with Gasteiger partial charge in [0.25, 0.3) is 0 Å². The van der Waals surface area contributed by atoms with Crippen molar-refractivity contribution in [1.82, 2.24) is 0 Å². The van der Waals surface area contributed by atoms with Gasteiger partial charge in [0.2, 0.25) is 0 Å². The van der Waals surface area contributed by atoms with E-state index in [1.165, 1.54) is 10.4 Å². The second-order valence-corrected chi connectivity index (χ2v) is 9.77. The maximum absolute atomic E-state index is 13.4. The minimum atomic E-state index is -1.65. The molecule has 2 aromatic carbocycles. The van der Waals surface area contributed by atoms with Crippen molar-refractivity contribution >= 4 is 30.0 Å². The van der Waals surface area contributed by atoms with Crippen LogP contribution in [0.25, 0.3) is 11.1 Å². The van der Waals surface area contributed by atoms with Crippen LogP contribution in [0.15, 0.2) is 36.4 Å². The average Bonchev–Trinajstić information content (AvgIpc) is 2.47. The summed E-state index contributed by atoms with van der Waals surface area (Å²) >= 11 is 6.04. The van der Waals surface area contributed by atoms with Gasteiger partial charge in [-0.2, -0.15) is 0 Å². The highest BCUT2D eigenvalue weighted by molar-refractivity contribution is 7.03. The van der Waals surface area contributed by atoms with Gasteiger partial charge >= 0.3 is 0 Å². The van der Waals surface area contributed by atoms with Crippen LogP contribution in [0.5, 0.6) is 0 Å². The first kappa shape index (κ1) is 11.0. The molecule has 86 valence electrons. The minimum Gasteiger partial charge on any atom is -0.207 e. The largest absolute Gasteiger partial charge is 0.207 e. The van der Waals surface area contributed by atoms with E-state index in [-0.39, 0.29) is 5.82 Å². The van der Waals surface area contributed by atoms with Crippen LogP contribution < -0.4 is 10.4 Å². The molecule has 0 N–H and O–H groups in total. The third-order valence-electron chi connectivity index (χ3n) is 3.60. The van der Waals surface area contributed by atoms with Crippen molar-refractivity contribution < 1.29 is 4.39 Å². The molecule has 0 amide bonds. The molecule has 0 fully saturated rings. The number of halogens is 2. The van der Waals surface area contributed by atoms with Crippen LogP contribution in [-0.4, -0.2) is 8.07 Å². The van der Waals surface area contributed by atoms with Crippen LogP contribution in [0.3, 0.4) is 0 Å². The molecule has 0 radical (unpaired) electrons. The van der Waals surface area contributed by atoms with Crippen molar-refractivity contribution in [1.29, 1.82) is 0 Å². The van der Waals surface area contributed by atoms with Gasteiger partial charge in [-0.05, 0) is 45.8 Å². The minimum absolute atomic E-state index is 0.179. The van der Waals surface area contributed by atoms with Crippen molar-refractivity contribution in [2.45, 2.75) is 13.1 Å². The van der Waals surface area contributed by atoms with Crippen molar-refractivity contribution in [2.24, 2.45) is 0 Å². The van der Waals surface area contributed by atoms with Crippen molar-refractivity contribution in [3.05, 3.63) is 47.2 Å². The summed E-state index contributed by atoms with van der Waals surface area (Å²) in [5, 5.41) is 3.37. The number of hydrogen-bond donors (Lipinski definition) is 0. The highest BCUT2D eigenvalue weighted by Crippen LogP contribution is 2.30. The Labute approximate surface area is 106 Å². The van der Waals surface area contributed by atoms with Gasteiger partial charge in [0.1, 0.15) is 13.9 Å². The van der Waals surface area contributed by atoms with Gasteiger partial charge in [-0.1, -0.05) is 36.8 Å². The molecule has 0 unspecified atom stereocenters. The third kappa shape index (κ3) is 1.48. The first-order valence-electron chi connectivity index (χ1n) is 5.60. The Balaban J connectivity index is 2.39. The number of fused-ring (bicyclic) bond motifs is 3. The number of rotatable bonds is 0. The smallest absolute Gasteiger partial charge is 0.123 e. The summed E-state index contributed by atoms with van der Waals surface area (Å²) in [5.74, 6) is -0.179. The summed E-state index contributed by atoms with van der Waals surface area (Å²) < 4.78 is 13.4. The maximum atomic E-state index is 13.4. The van der Waals surface area contributed by atoms with Crippen LogP contribution in [0.2, 0.25) is 18.1 Å². The fraction of sp³-hybridized carbons (Fsp3) is 0.143. The zero-order valence-electron chi connectivity index (χ0n) is 9.72. The van der Waals surface area contributed by atoms with Crippen molar-refractivity contribution in [3.8, 4) is 11.1 Å². The van der Waals surface area contributed by atoms with E-state index in [9.17, 15) is 4.39 Å². The highest BCUT2D eigenvalue weighted by atomic mass is 35.5. The molecule has 3 rings (SSSR count). The van der Waals surface area contributed by atoms with E-state index in [4.69, 9.17) is 11.6 Å². The Kier molecular flexibility index (Phi) is 2.22. The predicted molar refractivity (Wildman–Crippen MR) is 73.6 cm³/mol. The lowest BCUT2D eigenvalue weighted by Crippen LogP contribution is -2.49. The third-order valence-corrected chi connectivity index (χ3v) is 7.40. The Morgan fingerprint density at radius 3 is 2.24 bits per heavy atom. The molecule has 0 nitrogen and oxygen atoms in total. The van der Waals surface area contributed by atoms with Gasteiger partial charge in [-0.3, -0.25) is 0 Å². The molecule has 1 aliphatic rings. The molecule has 0 atom stereocenters. The van der Waals surface area contributed by atoms with E-state index in [1.807, 2.05) is 18.2 Å². The molecule has 0 aromatic heterocycles. The van der Waals surface area contributed by atoms with Crippen molar-refractivity contribution in [3.63, 3.8) is 0 Å².